The molecule has 1 aromatic carbocycles. The van der Waals surface area contributed by atoms with E-state index < -0.39 is 0 Å². The normalized spacial score (nSPS) is 16.2. The molecule has 1 saturated heterocycles. The predicted octanol–water partition coefficient (Wildman–Crippen LogP) is 3.31. The Bertz CT molecular complexity index is 577. The van der Waals surface area contributed by atoms with Crippen LogP contribution >= 0.6 is 15.9 Å². The highest BCUT2D eigenvalue weighted by Crippen LogP contribution is 2.18. The summed E-state index contributed by atoms with van der Waals surface area (Å²) >= 11 is 3.40. The summed E-state index contributed by atoms with van der Waals surface area (Å²) in [7, 11) is 0. The Morgan fingerprint density at radius 2 is 1.71 bits per heavy atom. The third kappa shape index (κ3) is 3.80. The molecule has 1 aliphatic heterocycles. The molecule has 1 fully saturated rings. The molecule has 110 valence electrons. The number of anilines is 1. The molecule has 0 amide bonds. The fourth-order valence-corrected chi connectivity index (χ4v) is 2.78. The summed E-state index contributed by atoms with van der Waals surface area (Å²) < 4.78 is 14.0. The molecule has 0 atom stereocenters. The van der Waals surface area contributed by atoms with Crippen LogP contribution in [0.15, 0.2) is 47.1 Å². The number of hydrogen-bond donors (Lipinski definition) is 0. The van der Waals surface area contributed by atoms with Gasteiger partial charge in [0.2, 0.25) is 0 Å². The van der Waals surface area contributed by atoms with Crippen molar-refractivity contribution in [3.63, 3.8) is 0 Å². The average Bonchev–Trinajstić information content (AvgIpc) is 2.51. The topological polar surface area (TPSA) is 19.4 Å². The number of piperazine rings is 1. The molecular formula is C16H17BrFN3. The van der Waals surface area contributed by atoms with E-state index in [0.717, 1.165) is 48.6 Å². The van der Waals surface area contributed by atoms with Crippen LogP contribution in [0.3, 0.4) is 0 Å². The molecule has 2 heterocycles. The molecule has 21 heavy (non-hydrogen) atoms. The third-order valence-corrected chi connectivity index (χ3v) is 4.21. The number of aromatic nitrogens is 1. The highest BCUT2D eigenvalue weighted by atomic mass is 79.9. The molecule has 2 aromatic rings. The van der Waals surface area contributed by atoms with Gasteiger partial charge in [0.25, 0.3) is 0 Å². The Kier molecular flexibility index (Phi) is 4.51. The largest absolute Gasteiger partial charge is 0.369 e. The van der Waals surface area contributed by atoms with Crippen LogP contribution in [-0.2, 0) is 6.54 Å². The van der Waals surface area contributed by atoms with Crippen molar-refractivity contribution in [2.45, 2.75) is 6.54 Å². The van der Waals surface area contributed by atoms with Crippen molar-refractivity contribution in [1.29, 1.82) is 0 Å². The fourth-order valence-electron chi connectivity index (χ4n) is 2.55. The average molecular weight is 350 g/mol. The molecule has 5 heteroatoms. The van der Waals surface area contributed by atoms with Crippen LogP contribution in [0.1, 0.15) is 5.69 Å². The lowest BCUT2D eigenvalue weighted by atomic mass is 10.2. The van der Waals surface area contributed by atoms with Crippen molar-refractivity contribution in [2.24, 2.45) is 0 Å². The second-order valence-electron chi connectivity index (χ2n) is 5.21. The lowest BCUT2D eigenvalue weighted by Crippen LogP contribution is -2.46. The first-order valence-electron chi connectivity index (χ1n) is 7.04. The quantitative estimate of drug-likeness (QED) is 0.847. The van der Waals surface area contributed by atoms with Gasteiger partial charge in [-0.15, -0.1) is 0 Å². The Morgan fingerprint density at radius 1 is 1.00 bits per heavy atom. The van der Waals surface area contributed by atoms with Crippen LogP contribution in [0.25, 0.3) is 0 Å². The number of nitrogens with zero attached hydrogens (tertiary/aromatic N) is 3. The Hall–Kier alpha value is -1.46. The molecule has 0 aliphatic carbocycles. The van der Waals surface area contributed by atoms with Gasteiger partial charge in [-0.1, -0.05) is 0 Å². The highest BCUT2D eigenvalue weighted by Gasteiger charge is 2.17. The first kappa shape index (κ1) is 14.5. The second-order valence-corrected chi connectivity index (χ2v) is 6.12. The van der Waals surface area contributed by atoms with Gasteiger partial charge in [0, 0.05) is 49.1 Å². The van der Waals surface area contributed by atoms with Gasteiger partial charge in [-0.25, -0.2) is 4.39 Å². The van der Waals surface area contributed by atoms with Gasteiger partial charge in [-0.2, -0.15) is 0 Å². The standard InChI is InChI=1S/C16H17BrFN3/c17-13-1-4-15(19-11-13)12-20-7-9-21(10-8-20)16-5-2-14(18)3-6-16/h1-6,11H,7-10,12H2. The monoisotopic (exact) mass is 349 g/mol. The molecule has 0 N–H and O–H groups in total. The summed E-state index contributed by atoms with van der Waals surface area (Å²) in [5, 5.41) is 0. The van der Waals surface area contributed by atoms with E-state index in [1.165, 1.54) is 12.1 Å². The third-order valence-electron chi connectivity index (χ3n) is 3.74. The zero-order valence-corrected chi connectivity index (χ0v) is 13.3. The molecule has 0 spiro atoms. The molecule has 0 unspecified atom stereocenters. The molecule has 1 aliphatic rings. The Balaban J connectivity index is 1.55. The van der Waals surface area contributed by atoms with E-state index in [9.17, 15) is 4.39 Å². The summed E-state index contributed by atoms with van der Waals surface area (Å²) in [6.45, 7) is 4.79. The van der Waals surface area contributed by atoms with Gasteiger partial charge in [0.05, 0.1) is 5.69 Å². The van der Waals surface area contributed by atoms with Crippen molar-refractivity contribution in [1.82, 2.24) is 9.88 Å². The van der Waals surface area contributed by atoms with Crippen LogP contribution in [0, 0.1) is 5.82 Å². The van der Waals surface area contributed by atoms with Gasteiger partial charge >= 0.3 is 0 Å². The number of pyridine rings is 1. The lowest BCUT2D eigenvalue weighted by molar-refractivity contribution is 0.247. The molecule has 3 rings (SSSR count). The zero-order valence-electron chi connectivity index (χ0n) is 11.7. The predicted molar refractivity (Wildman–Crippen MR) is 85.8 cm³/mol. The Labute approximate surface area is 132 Å². The molecule has 0 saturated carbocycles. The van der Waals surface area contributed by atoms with Gasteiger partial charge in [-0.05, 0) is 52.3 Å². The molecule has 3 nitrogen and oxygen atoms in total. The van der Waals surface area contributed by atoms with Crippen LogP contribution in [0.2, 0.25) is 0 Å². The van der Waals surface area contributed by atoms with E-state index >= 15 is 0 Å². The van der Waals surface area contributed by atoms with E-state index in [4.69, 9.17) is 0 Å². The first-order valence-corrected chi connectivity index (χ1v) is 7.83. The van der Waals surface area contributed by atoms with Crippen molar-refractivity contribution in [2.75, 3.05) is 31.1 Å². The van der Waals surface area contributed by atoms with E-state index in [-0.39, 0.29) is 5.82 Å². The van der Waals surface area contributed by atoms with Crippen LogP contribution in [0.4, 0.5) is 10.1 Å². The summed E-state index contributed by atoms with van der Waals surface area (Å²) in [6.07, 6.45) is 1.84. The number of rotatable bonds is 3. The van der Waals surface area contributed by atoms with Crippen molar-refractivity contribution in [3.8, 4) is 0 Å². The first-order chi connectivity index (χ1) is 10.2. The second kappa shape index (κ2) is 6.54. The summed E-state index contributed by atoms with van der Waals surface area (Å²) in [6, 6.07) is 10.8. The van der Waals surface area contributed by atoms with Crippen LogP contribution < -0.4 is 4.90 Å². The summed E-state index contributed by atoms with van der Waals surface area (Å²) in [5.74, 6) is -0.182. The fraction of sp³-hybridized carbons (Fsp3) is 0.312. The minimum absolute atomic E-state index is 0.182. The van der Waals surface area contributed by atoms with Crippen LogP contribution in [-0.4, -0.2) is 36.1 Å². The Morgan fingerprint density at radius 3 is 2.33 bits per heavy atom. The molecular weight excluding hydrogens is 333 g/mol. The number of benzene rings is 1. The summed E-state index contributed by atoms with van der Waals surface area (Å²) in [5.41, 5.74) is 2.19. The van der Waals surface area contributed by atoms with E-state index in [1.54, 1.807) is 0 Å². The van der Waals surface area contributed by atoms with E-state index in [0.29, 0.717) is 0 Å². The minimum Gasteiger partial charge on any atom is -0.369 e. The molecule has 1 aromatic heterocycles. The van der Waals surface area contributed by atoms with Crippen molar-refractivity contribution in [3.05, 3.63) is 58.6 Å². The number of halogens is 2. The van der Waals surface area contributed by atoms with Crippen LogP contribution in [0.5, 0.6) is 0 Å². The van der Waals surface area contributed by atoms with Crippen molar-refractivity contribution >= 4 is 21.6 Å². The number of hydrogen-bond acceptors (Lipinski definition) is 3. The maximum atomic E-state index is 12.9. The minimum atomic E-state index is -0.182. The lowest BCUT2D eigenvalue weighted by Gasteiger charge is -2.35. The van der Waals surface area contributed by atoms with E-state index in [1.807, 2.05) is 24.4 Å². The smallest absolute Gasteiger partial charge is 0.123 e. The maximum Gasteiger partial charge on any atom is 0.123 e. The van der Waals surface area contributed by atoms with Gasteiger partial charge < -0.3 is 4.90 Å². The van der Waals surface area contributed by atoms with Gasteiger partial charge in [-0.3, -0.25) is 9.88 Å². The maximum absolute atomic E-state index is 12.9. The van der Waals surface area contributed by atoms with Gasteiger partial charge in [0.1, 0.15) is 5.82 Å². The van der Waals surface area contributed by atoms with E-state index in [2.05, 4.69) is 36.8 Å². The summed E-state index contributed by atoms with van der Waals surface area (Å²) in [4.78, 5) is 9.11. The molecule has 0 radical (unpaired) electrons. The SMILES string of the molecule is Fc1ccc(N2CCN(Cc3ccc(Br)cn3)CC2)cc1. The zero-order chi connectivity index (χ0) is 14.7. The van der Waals surface area contributed by atoms with Crippen molar-refractivity contribution < 1.29 is 4.39 Å². The van der Waals surface area contributed by atoms with Gasteiger partial charge in [0.15, 0.2) is 0 Å². The molecule has 0 bridgehead atoms. The highest BCUT2D eigenvalue weighted by molar-refractivity contribution is 9.10.